The van der Waals surface area contributed by atoms with Gasteiger partial charge in [0, 0.05) is 0 Å². The van der Waals surface area contributed by atoms with Crippen molar-refractivity contribution in [3.63, 3.8) is 0 Å². The number of fused-ring (bicyclic) bond motifs is 1. The number of rotatable bonds is 3. The maximum Gasteiger partial charge on any atom is 0.177 e. The van der Waals surface area contributed by atoms with Crippen LogP contribution in [0.2, 0.25) is 0 Å². The molecule has 2 aromatic rings. The summed E-state index contributed by atoms with van der Waals surface area (Å²) in [6.45, 7) is -0.152. The van der Waals surface area contributed by atoms with Crippen molar-refractivity contribution in [3.8, 4) is 0 Å². The van der Waals surface area contributed by atoms with Gasteiger partial charge < -0.3 is 19.8 Å². The van der Waals surface area contributed by atoms with Gasteiger partial charge in [-0.25, -0.2) is 9.97 Å². The van der Waals surface area contributed by atoms with Crippen LogP contribution in [0.25, 0.3) is 11.2 Å². The van der Waals surface area contributed by atoms with Gasteiger partial charge in [0.15, 0.2) is 15.9 Å². The number of imidazole rings is 1. The van der Waals surface area contributed by atoms with Gasteiger partial charge in [0.05, 0.1) is 25.6 Å². The van der Waals surface area contributed by atoms with Crippen LogP contribution in [-0.2, 0) is 6.54 Å². The normalized spacial score (nSPS) is 13.2. The van der Waals surface area contributed by atoms with Gasteiger partial charge in [0.2, 0.25) is 0 Å². The maximum absolute atomic E-state index is 9.35. The molecule has 2 aromatic heterocycles. The topological polar surface area (TPSA) is 111 Å². The first-order valence-electron chi connectivity index (χ1n) is 4.56. The Bertz CT molecular complexity index is 563. The van der Waals surface area contributed by atoms with E-state index in [9.17, 15) is 5.11 Å². The lowest BCUT2D eigenvalue weighted by Gasteiger charge is -2.10. The smallest absolute Gasteiger partial charge is 0.177 e. The van der Waals surface area contributed by atoms with Gasteiger partial charge in [0.1, 0.15) is 5.52 Å². The van der Waals surface area contributed by atoms with E-state index >= 15 is 0 Å². The zero-order valence-corrected chi connectivity index (χ0v) is 9.77. The summed E-state index contributed by atoms with van der Waals surface area (Å²) >= 11 is 3.17. The molecule has 0 aliphatic rings. The van der Waals surface area contributed by atoms with Crippen LogP contribution in [0.15, 0.2) is 11.1 Å². The van der Waals surface area contributed by atoms with E-state index in [0.717, 1.165) is 0 Å². The number of halogens is 1. The Morgan fingerprint density at radius 2 is 2.38 bits per heavy atom. The van der Waals surface area contributed by atoms with E-state index in [-0.39, 0.29) is 18.6 Å². The number of aliphatic hydroxyl groups is 2. The molecule has 0 saturated heterocycles. The monoisotopic (exact) mass is 287 g/mol. The second-order valence-corrected chi connectivity index (χ2v) is 4.06. The molecule has 0 amide bonds. The summed E-state index contributed by atoms with van der Waals surface area (Å²) in [5, 5.41) is 25.7. The van der Waals surface area contributed by atoms with Gasteiger partial charge in [-0.3, -0.25) is 5.41 Å². The van der Waals surface area contributed by atoms with Crippen molar-refractivity contribution in [1.82, 2.24) is 19.5 Å². The number of hydrogen-bond acceptors (Lipinski definition) is 5. The van der Waals surface area contributed by atoms with Crippen LogP contribution >= 0.6 is 15.9 Å². The Morgan fingerprint density at radius 3 is 3.06 bits per heavy atom. The van der Waals surface area contributed by atoms with Crippen molar-refractivity contribution in [2.45, 2.75) is 12.6 Å². The molecule has 4 N–H and O–H groups in total. The van der Waals surface area contributed by atoms with E-state index in [2.05, 4.69) is 30.9 Å². The number of nitrogens with zero attached hydrogens (tertiary/aromatic N) is 3. The molecule has 16 heavy (non-hydrogen) atoms. The predicted molar refractivity (Wildman–Crippen MR) is 58.5 cm³/mol. The summed E-state index contributed by atoms with van der Waals surface area (Å²) in [5.41, 5.74) is 1.09. The molecule has 0 aliphatic heterocycles. The number of hydrogen-bond donors (Lipinski definition) is 4. The van der Waals surface area contributed by atoms with Crippen LogP contribution in [0.3, 0.4) is 0 Å². The highest BCUT2D eigenvalue weighted by atomic mass is 79.9. The Hall–Kier alpha value is -1.25. The molecule has 0 aromatic carbocycles. The molecule has 1 atom stereocenters. The van der Waals surface area contributed by atoms with E-state index in [1.165, 1.54) is 6.33 Å². The van der Waals surface area contributed by atoms with Crippen molar-refractivity contribution < 1.29 is 10.2 Å². The van der Waals surface area contributed by atoms with Gasteiger partial charge in [-0.2, -0.15) is 0 Å². The molecule has 2 rings (SSSR count). The fourth-order valence-corrected chi connectivity index (χ4v) is 1.74. The minimum absolute atomic E-state index is 0.0861. The third kappa shape index (κ3) is 1.99. The van der Waals surface area contributed by atoms with Crippen molar-refractivity contribution in [1.29, 1.82) is 5.41 Å². The van der Waals surface area contributed by atoms with Gasteiger partial charge in [-0.15, -0.1) is 0 Å². The van der Waals surface area contributed by atoms with Crippen molar-refractivity contribution >= 4 is 27.1 Å². The van der Waals surface area contributed by atoms with Crippen molar-refractivity contribution in [2.24, 2.45) is 0 Å². The minimum atomic E-state index is -0.873. The minimum Gasteiger partial charge on any atom is -0.394 e. The van der Waals surface area contributed by atoms with E-state index in [1.807, 2.05) is 0 Å². The fraction of sp³-hybridized carbons (Fsp3) is 0.375. The third-order valence-corrected chi connectivity index (χ3v) is 2.48. The summed E-state index contributed by atoms with van der Waals surface area (Å²) in [7, 11) is 0. The Kier molecular flexibility index (Phi) is 3.03. The summed E-state index contributed by atoms with van der Waals surface area (Å²) in [4.78, 5) is 10.8. The zero-order chi connectivity index (χ0) is 11.7. The molecule has 0 unspecified atom stereocenters. The number of aliphatic hydroxyl groups excluding tert-OH is 2. The molecule has 7 nitrogen and oxygen atoms in total. The Morgan fingerprint density at radius 1 is 1.62 bits per heavy atom. The first-order chi connectivity index (χ1) is 7.61. The highest BCUT2D eigenvalue weighted by molar-refractivity contribution is 9.10. The van der Waals surface area contributed by atoms with E-state index in [1.54, 1.807) is 4.57 Å². The zero-order valence-electron chi connectivity index (χ0n) is 8.18. The molecule has 0 saturated carbocycles. The van der Waals surface area contributed by atoms with Gasteiger partial charge in [-0.05, 0) is 15.9 Å². The molecular formula is C8H10BrN5O2. The second kappa shape index (κ2) is 4.32. The van der Waals surface area contributed by atoms with Crippen LogP contribution in [0.1, 0.15) is 0 Å². The molecule has 0 spiro atoms. The number of nitrogens with one attached hydrogen (secondary N) is 2. The lowest BCUT2D eigenvalue weighted by Crippen LogP contribution is -2.22. The predicted octanol–water partition coefficient (Wildman–Crippen LogP) is -0.645. The number of H-pyrrole nitrogens is 1. The molecule has 86 valence electrons. The molecule has 0 bridgehead atoms. The average Bonchev–Trinajstić information content (AvgIpc) is 2.65. The van der Waals surface area contributed by atoms with Crippen LogP contribution in [0.5, 0.6) is 0 Å². The molecular weight excluding hydrogens is 278 g/mol. The molecule has 0 fully saturated rings. The van der Waals surface area contributed by atoms with Crippen LogP contribution in [-0.4, -0.2) is 42.4 Å². The Balaban J connectivity index is 2.54. The summed E-state index contributed by atoms with van der Waals surface area (Å²) in [5.74, 6) is 0. The number of aromatic amines is 1. The summed E-state index contributed by atoms with van der Waals surface area (Å²) in [6.07, 6.45) is 0.540. The van der Waals surface area contributed by atoms with Crippen molar-refractivity contribution in [3.05, 3.63) is 16.5 Å². The molecule has 8 heteroatoms. The van der Waals surface area contributed by atoms with E-state index in [0.29, 0.717) is 15.9 Å². The molecule has 0 radical (unpaired) electrons. The summed E-state index contributed by atoms with van der Waals surface area (Å²) in [6, 6.07) is 0. The molecule has 2 heterocycles. The quantitative estimate of drug-likeness (QED) is 0.563. The fourth-order valence-electron chi connectivity index (χ4n) is 1.37. The van der Waals surface area contributed by atoms with E-state index in [4.69, 9.17) is 10.5 Å². The summed E-state index contributed by atoms with van der Waals surface area (Å²) < 4.78 is 2.08. The highest BCUT2D eigenvalue weighted by Gasteiger charge is 2.10. The highest BCUT2D eigenvalue weighted by Crippen LogP contribution is 2.11. The molecule has 0 aliphatic carbocycles. The third-order valence-electron chi connectivity index (χ3n) is 2.11. The lowest BCUT2D eigenvalue weighted by atomic mass is 10.3. The number of aromatic nitrogens is 4. The first kappa shape index (κ1) is 11.2. The van der Waals surface area contributed by atoms with Gasteiger partial charge in [-0.1, -0.05) is 0 Å². The van der Waals surface area contributed by atoms with Crippen LogP contribution in [0, 0.1) is 5.41 Å². The van der Waals surface area contributed by atoms with E-state index < -0.39 is 6.10 Å². The lowest BCUT2D eigenvalue weighted by molar-refractivity contribution is 0.0817. The van der Waals surface area contributed by atoms with Crippen molar-refractivity contribution in [2.75, 3.05) is 6.61 Å². The van der Waals surface area contributed by atoms with Gasteiger partial charge in [0.25, 0.3) is 0 Å². The maximum atomic E-state index is 9.35. The first-order valence-corrected chi connectivity index (χ1v) is 5.35. The average molecular weight is 288 g/mol. The second-order valence-electron chi connectivity index (χ2n) is 3.31. The largest absolute Gasteiger partial charge is 0.394 e. The SMILES string of the molecule is N=c1ncn(C[C@@H](O)CO)c2nc(Br)[nH]c12. The van der Waals surface area contributed by atoms with Crippen LogP contribution in [0.4, 0.5) is 0 Å². The Labute approximate surface area is 98.4 Å². The van der Waals surface area contributed by atoms with Crippen LogP contribution < -0.4 is 5.49 Å². The van der Waals surface area contributed by atoms with Gasteiger partial charge >= 0.3 is 0 Å². The standard InChI is InChI=1S/C8H10BrN5O2/c9-8-12-5-6(10)11-3-14(7(5)13-8)1-4(16)2-15/h3-4,10,15-16H,1-2H2,(H,12,13)/t4-/m1/s1.